The molecule has 0 amide bonds. The Kier molecular flexibility index (Phi) is 4.73. The SMILES string of the molecule is CCC(C)CN(CC)c1ccc2c(c1)CCC(C)N2. The number of anilines is 2. The van der Waals surface area contributed by atoms with Gasteiger partial charge in [0.2, 0.25) is 0 Å². The summed E-state index contributed by atoms with van der Waals surface area (Å²) in [6, 6.07) is 7.54. The third-order valence-electron chi connectivity index (χ3n) is 4.31. The first-order valence-electron chi connectivity index (χ1n) is 7.78. The minimum Gasteiger partial charge on any atom is -0.382 e. The van der Waals surface area contributed by atoms with Gasteiger partial charge in [-0.15, -0.1) is 0 Å². The normalized spacial score (nSPS) is 19.5. The number of hydrogen-bond donors (Lipinski definition) is 1. The Morgan fingerprint density at radius 3 is 2.84 bits per heavy atom. The number of nitrogens with zero attached hydrogens (tertiary/aromatic N) is 1. The van der Waals surface area contributed by atoms with E-state index in [2.05, 4.69) is 56.1 Å². The molecule has 0 radical (unpaired) electrons. The fourth-order valence-corrected chi connectivity index (χ4v) is 2.76. The van der Waals surface area contributed by atoms with Crippen molar-refractivity contribution in [2.45, 2.75) is 53.0 Å². The lowest BCUT2D eigenvalue weighted by Crippen LogP contribution is -2.28. The van der Waals surface area contributed by atoms with Crippen molar-refractivity contribution in [1.29, 1.82) is 0 Å². The molecule has 19 heavy (non-hydrogen) atoms. The molecule has 1 aromatic carbocycles. The Hall–Kier alpha value is -1.18. The van der Waals surface area contributed by atoms with Crippen LogP contribution in [-0.2, 0) is 6.42 Å². The smallest absolute Gasteiger partial charge is 0.0376 e. The number of rotatable bonds is 5. The maximum atomic E-state index is 3.58. The first kappa shape index (κ1) is 14.2. The van der Waals surface area contributed by atoms with Gasteiger partial charge in [0.15, 0.2) is 0 Å². The number of fused-ring (bicyclic) bond motifs is 1. The Balaban J connectivity index is 2.15. The molecule has 106 valence electrons. The lowest BCUT2D eigenvalue weighted by atomic mass is 9.98. The largest absolute Gasteiger partial charge is 0.382 e. The summed E-state index contributed by atoms with van der Waals surface area (Å²) < 4.78 is 0. The molecule has 2 atom stereocenters. The van der Waals surface area contributed by atoms with E-state index in [1.165, 1.54) is 36.2 Å². The van der Waals surface area contributed by atoms with Gasteiger partial charge in [-0.2, -0.15) is 0 Å². The standard InChI is InChI=1S/C17H28N2/c1-5-13(3)12-19(6-2)16-9-10-17-15(11-16)8-7-14(4)18-17/h9-11,13-14,18H,5-8,12H2,1-4H3. The molecule has 2 rings (SSSR count). The van der Waals surface area contributed by atoms with Crippen molar-refractivity contribution >= 4 is 11.4 Å². The number of benzene rings is 1. The number of hydrogen-bond acceptors (Lipinski definition) is 2. The van der Waals surface area contributed by atoms with Crippen LogP contribution in [0.3, 0.4) is 0 Å². The summed E-state index contributed by atoms with van der Waals surface area (Å²) in [6.07, 6.45) is 3.70. The third-order valence-corrected chi connectivity index (χ3v) is 4.31. The zero-order chi connectivity index (χ0) is 13.8. The van der Waals surface area contributed by atoms with Crippen LogP contribution in [0.1, 0.15) is 46.1 Å². The van der Waals surface area contributed by atoms with Crippen LogP contribution in [0.2, 0.25) is 0 Å². The summed E-state index contributed by atoms with van der Waals surface area (Å²) in [5.41, 5.74) is 4.21. The van der Waals surface area contributed by atoms with Gasteiger partial charge in [-0.1, -0.05) is 20.3 Å². The monoisotopic (exact) mass is 260 g/mol. The Morgan fingerprint density at radius 2 is 2.16 bits per heavy atom. The first-order chi connectivity index (χ1) is 9.13. The van der Waals surface area contributed by atoms with Crippen LogP contribution in [-0.4, -0.2) is 19.1 Å². The van der Waals surface area contributed by atoms with Gasteiger partial charge in [-0.3, -0.25) is 0 Å². The van der Waals surface area contributed by atoms with Crippen LogP contribution in [0.4, 0.5) is 11.4 Å². The molecule has 1 heterocycles. The van der Waals surface area contributed by atoms with E-state index in [1.807, 2.05) is 0 Å². The van der Waals surface area contributed by atoms with Crippen molar-refractivity contribution in [3.8, 4) is 0 Å². The van der Waals surface area contributed by atoms with E-state index < -0.39 is 0 Å². The van der Waals surface area contributed by atoms with E-state index in [0.29, 0.717) is 6.04 Å². The van der Waals surface area contributed by atoms with Gasteiger partial charge in [0.25, 0.3) is 0 Å². The molecular weight excluding hydrogens is 232 g/mol. The van der Waals surface area contributed by atoms with Crippen LogP contribution in [0.25, 0.3) is 0 Å². The van der Waals surface area contributed by atoms with Crippen LogP contribution < -0.4 is 10.2 Å². The van der Waals surface area contributed by atoms with Crippen LogP contribution in [0.15, 0.2) is 18.2 Å². The second-order valence-corrected chi connectivity index (χ2v) is 5.98. The lowest BCUT2D eigenvalue weighted by Gasteiger charge is -2.29. The molecule has 0 saturated carbocycles. The highest BCUT2D eigenvalue weighted by atomic mass is 15.1. The van der Waals surface area contributed by atoms with Crippen LogP contribution in [0.5, 0.6) is 0 Å². The molecule has 1 aromatic rings. The molecule has 0 fully saturated rings. The van der Waals surface area contributed by atoms with Gasteiger partial charge in [0.1, 0.15) is 0 Å². The van der Waals surface area contributed by atoms with E-state index in [4.69, 9.17) is 0 Å². The second-order valence-electron chi connectivity index (χ2n) is 5.98. The molecule has 1 N–H and O–H groups in total. The molecule has 0 aliphatic carbocycles. The van der Waals surface area contributed by atoms with Crippen LogP contribution >= 0.6 is 0 Å². The highest BCUT2D eigenvalue weighted by Gasteiger charge is 2.16. The quantitative estimate of drug-likeness (QED) is 0.849. The summed E-state index contributed by atoms with van der Waals surface area (Å²) in [5, 5.41) is 3.58. The van der Waals surface area contributed by atoms with Crippen LogP contribution in [0, 0.1) is 5.92 Å². The molecule has 0 aromatic heterocycles. The summed E-state index contributed by atoms with van der Waals surface area (Å²) in [5.74, 6) is 0.758. The topological polar surface area (TPSA) is 15.3 Å². The van der Waals surface area contributed by atoms with Crippen molar-refractivity contribution in [2.24, 2.45) is 5.92 Å². The Labute approximate surface area is 118 Å². The van der Waals surface area contributed by atoms with E-state index in [1.54, 1.807) is 0 Å². The predicted molar refractivity (Wildman–Crippen MR) is 85.2 cm³/mol. The van der Waals surface area contributed by atoms with Crippen molar-refractivity contribution in [1.82, 2.24) is 0 Å². The van der Waals surface area contributed by atoms with Gasteiger partial charge >= 0.3 is 0 Å². The molecular formula is C17H28N2. The summed E-state index contributed by atoms with van der Waals surface area (Å²) >= 11 is 0. The van der Waals surface area contributed by atoms with E-state index in [9.17, 15) is 0 Å². The van der Waals surface area contributed by atoms with Crippen molar-refractivity contribution in [2.75, 3.05) is 23.3 Å². The van der Waals surface area contributed by atoms with Gasteiger partial charge in [-0.25, -0.2) is 0 Å². The maximum Gasteiger partial charge on any atom is 0.0376 e. The van der Waals surface area contributed by atoms with Crippen molar-refractivity contribution in [3.63, 3.8) is 0 Å². The molecule has 0 bridgehead atoms. The molecule has 2 nitrogen and oxygen atoms in total. The first-order valence-corrected chi connectivity index (χ1v) is 7.78. The van der Waals surface area contributed by atoms with Crippen molar-refractivity contribution in [3.05, 3.63) is 23.8 Å². The Bertz CT molecular complexity index is 414. The molecule has 0 saturated heterocycles. The average molecular weight is 260 g/mol. The summed E-state index contributed by atoms with van der Waals surface area (Å²) in [6.45, 7) is 11.4. The average Bonchev–Trinajstić information content (AvgIpc) is 2.43. The lowest BCUT2D eigenvalue weighted by molar-refractivity contribution is 0.548. The molecule has 2 heteroatoms. The van der Waals surface area contributed by atoms with E-state index in [0.717, 1.165) is 19.0 Å². The minimum atomic E-state index is 0.612. The van der Waals surface area contributed by atoms with E-state index >= 15 is 0 Å². The van der Waals surface area contributed by atoms with Gasteiger partial charge in [0, 0.05) is 30.5 Å². The summed E-state index contributed by atoms with van der Waals surface area (Å²) in [4.78, 5) is 2.51. The second kappa shape index (κ2) is 6.31. The Morgan fingerprint density at radius 1 is 1.37 bits per heavy atom. The zero-order valence-corrected chi connectivity index (χ0v) is 12.9. The zero-order valence-electron chi connectivity index (χ0n) is 12.9. The van der Waals surface area contributed by atoms with Gasteiger partial charge < -0.3 is 10.2 Å². The fraction of sp³-hybridized carbons (Fsp3) is 0.647. The van der Waals surface area contributed by atoms with E-state index in [-0.39, 0.29) is 0 Å². The molecule has 1 aliphatic heterocycles. The highest BCUT2D eigenvalue weighted by molar-refractivity contribution is 5.62. The highest BCUT2D eigenvalue weighted by Crippen LogP contribution is 2.29. The maximum absolute atomic E-state index is 3.58. The predicted octanol–water partition coefficient (Wildman–Crippen LogP) is 4.31. The number of aryl methyl sites for hydroxylation is 1. The number of nitrogens with one attached hydrogen (secondary N) is 1. The van der Waals surface area contributed by atoms with Crippen molar-refractivity contribution < 1.29 is 0 Å². The molecule has 1 aliphatic rings. The third kappa shape index (κ3) is 3.43. The van der Waals surface area contributed by atoms with Gasteiger partial charge in [0.05, 0.1) is 0 Å². The van der Waals surface area contributed by atoms with Gasteiger partial charge in [-0.05, 0) is 56.4 Å². The fourth-order valence-electron chi connectivity index (χ4n) is 2.76. The summed E-state index contributed by atoms with van der Waals surface area (Å²) in [7, 11) is 0. The minimum absolute atomic E-state index is 0.612. The molecule has 2 unspecified atom stereocenters. The molecule has 0 spiro atoms.